The third-order valence-corrected chi connectivity index (χ3v) is 2.03. The lowest BCUT2D eigenvalue weighted by Crippen LogP contribution is -1.96. The van der Waals surface area contributed by atoms with Crippen molar-refractivity contribution in [2.45, 2.75) is 13.3 Å². The highest BCUT2D eigenvalue weighted by molar-refractivity contribution is 5.75. The van der Waals surface area contributed by atoms with E-state index in [0.717, 1.165) is 24.1 Å². The van der Waals surface area contributed by atoms with Crippen LogP contribution < -0.4 is 0 Å². The summed E-state index contributed by atoms with van der Waals surface area (Å²) in [5, 5.41) is 0. The van der Waals surface area contributed by atoms with Crippen LogP contribution in [0.15, 0.2) is 53.1 Å². The van der Waals surface area contributed by atoms with Crippen LogP contribution in [-0.2, 0) is 0 Å². The smallest absolute Gasteiger partial charge is 0.0429 e. The topological polar surface area (TPSA) is 12.4 Å². The van der Waals surface area contributed by atoms with Gasteiger partial charge in [0.05, 0.1) is 0 Å². The minimum atomic E-state index is 0.881. The second-order valence-corrected chi connectivity index (χ2v) is 3.11. The predicted octanol–water partition coefficient (Wildman–Crippen LogP) is 3.08. The molecule has 0 aromatic rings. The lowest BCUT2D eigenvalue weighted by molar-refractivity contribution is 0.956. The van der Waals surface area contributed by atoms with Gasteiger partial charge in [0, 0.05) is 12.8 Å². The summed E-state index contributed by atoms with van der Waals surface area (Å²) in [4.78, 5) is 4.13. The van der Waals surface area contributed by atoms with Gasteiger partial charge in [-0.1, -0.05) is 30.9 Å². The molecule has 0 N–H and O–H groups in total. The lowest BCUT2D eigenvalue weighted by Gasteiger charge is -2.08. The normalized spacial score (nSPS) is 16.7. The third kappa shape index (κ3) is 2.86. The minimum absolute atomic E-state index is 0.881. The molecule has 1 rings (SSSR count). The van der Waals surface area contributed by atoms with Crippen molar-refractivity contribution >= 4 is 6.21 Å². The Morgan fingerprint density at radius 3 is 2.92 bits per heavy atom. The largest absolute Gasteiger partial charge is 0.293 e. The van der Waals surface area contributed by atoms with Crippen LogP contribution in [0.1, 0.15) is 13.3 Å². The molecule has 0 bridgehead atoms. The van der Waals surface area contributed by atoms with Gasteiger partial charge in [-0.25, -0.2) is 0 Å². The first kappa shape index (κ1) is 9.72. The fourth-order valence-corrected chi connectivity index (χ4v) is 1.18. The van der Waals surface area contributed by atoms with Gasteiger partial charge in [0.15, 0.2) is 0 Å². The highest BCUT2D eigenvalue weighted by Gasteiger charge is 2.01. The fraction of sp³-hybridized carbons (Fsp3) is 0.250. The van der Waals surface area contributed by atoms with Crippen LogP contribution in [-0.4, -0.2) is 12.8 Å². The van der Waals surface area contributed by atoms with Gasteiger partial charge < -0.3 is 0 Å². The molecule has 0 amide bonds. The molecule has 68 valence electrons. The number of hydrogen-bond donors (Lipinski definition) is 0. The summed E-state index contributed by atoms with van der Waals surface area (Å²) >= 11 is 0. The van der Waals surface area contributed by atoms with E-state index in [1.807, 2.05) is 25.3 Å². The maximum Gasteiger partial charge on any atom is 0.0429 e. The van der Waals surface area contributed by atoms with Gasteiger partial charge in [0.2, 0.25) is 0 Å². The molecular formula is C12H15N. The second kappa shape index (κ2) is 4.61. The van der Waals surface area contributed by atoms with Crippen LogP contribution in [0, 0.1) is 0 Å². The Bertz CT molecular complexity index is 303. The molecule has 0 fully saturated rings. The Kier molecular flexibility index (Phi) is 3.44. The number of dihydropyridines is 1. The van der Waals surface area contributed by atoms with Gasteiger partial charge in [-0.2, -0.15) is 0 Å². The quantitative estimate of drug-likeness (QED) is 0.581. The van der Waals surface area contributed by atoms with Crippen molar-refractivity contribution in [3.63, 3.8) is 0 Å². The van der Waals surface area contributed by atoms with Gasteiger partial charge in [-0.3, -0.25) is 4.99 Å². The van der Waals surface area contributed by atoms with Crippen LogP contribution in [0.4, 0.5) is 0 Å². The summed E-state index contributed by atoms with van der Waals surface area (Å²) in [6.45, 7) is 10.6. The molecule has 0 aliphatic carbocycles. The third-order valence-electron chi connectivity index (χ3n) is 2.03. The molecule has 0 aromatic carbocycles. The Balaban J connectivity index is 2.73. The van der Waals surface area contributed by atoms with Crippen molar-refractivity contribution in [2.75, 3.05) is 6.54 Å². The van der Waals surface area contributed by atoms with Crippen LogP contribution in [0.2, 0.25) is 0 Å². The number of rotatable bonds is 3. The summed E-state index contributed by atoms with van der Waals surface area (Å²) in [5.74, 6) is 0. The van der Waals surface area contributed by atoms with Gasteiger partial charge in [0.1, 0.15) is 0 Å². The monoisotopic (exact) mass is 173 g/mol. The molecule has 1 heteroatoms. The zero-order valence-electron chi connectivity index (χ0n) is 8.09. The molecule has 1 aliphatic heterocycles. The van der Waals surface area contributed by atoms with E-state index in [1.54, 1.807) is 0 Å². The fourth-order valence-electron chi connectivity index (χ4n) is 1.18. The van der Waals surface area contributed by atoms with Gasteiger partial charge >= 0.3 is 0 Å². The van der Waals surface area contributed by atoms with E-state index in [0.29, 0.717) is 0 Å². The molecule has 0 aromatic heterocycles. The average molecular weight is 173 g/mol. The Morgan fingerprint density at radius 2 is 2.38 bits per heavy atom. The van der Waals surface area contributed by atoms with E-state index in [4.69, 9.17) is 0 Å². The highest BCUT2D eigenvalue weighted by Crippen LogP contribution is 2.17. The van der Waals surface area contributed by atoms with Crippen molar-refractivity contribution in [1.82, 2.24) is 0 Å². The Hall–Kier alpha value is -1.37. The number of hydrogen-bond acceptors (Lipinski definition) is 1. The molecule has 1 nitrogen and oxygen atoms in total. The molecule has 0 unspecified atom stereocenters. The van der Waals surface area contributed by atoms with Crippen LogP contribution in [0.5, 0.6) is 0 Å². The van der Waals surface area contributed by atoms with Crippen molar-refractivity contribution in [3.05, 3.63) is 48.1 Å². The molecule has 0 radical (unpaired) electrons. The van der Waals surface area contributed by atoms with E-state index < -0.39 is 0 Å². The van der Waals surface area contributed by atoms with Crippen LogP contribution in [0.3, 0.4) is 0 Å². The van der Waals surface area contributed by atoms with Crippen molar-refractivity contribution in [1.29, 1.82) is 0 Å². The first-order chi connectivity index (χ1) is 6.24. The Labute approximate surface area is 79.9 Å². The van der Waals surface area contributed by atoms with E-state index in [-0.39, 0.29) is 0 Å². The standard InChI is InChI=1S/C12H15N/c1-4-10(2)9-11(3)12-5-7-13-8-6-12/h4-5,7,9H,1,3,6,8H2,2H3/b10-9-. The van der Waals surface area contributed by atoms with E-state index in [1.165, 1.54) is 5.57 Å². The van der Waals surface area contributed by atoms with Crippen molar-refractivity contribution < 1.29 is 0 Å². The number of allylic oxidation sites excluding steroid dienone is 5. The molecule has 13 heavy (non-hydrogen) atoms. The lowest BCUT2D eigenvalue weighted by atomic mass is 10.0. The summed E-state index contributed by atoms with van der Waals surface area (Å²) in [6.07, 6.45) is 8.76. The average Bonchev–Trinajstić information content (AvgIpc) is 2.19. The van der Waals surface area contributed by atoms with E-state index in [9.17, 15) is 0 Å². The van der Waals surface area contributed by atoms with Gasteiger partial charge in [-0.15, -0.1) is 0 Å². The predicted molar refractivity (Wildman–Crippen MR) is 59.2 cm³/mol. The summed E-state index contributed by atoms with van der Waals surface area (Å²) in [6, 6.07) is 0. The summed E-state index contributed by atoms with van der Waals surface area (Å²) in [5.41, 5.74) is 3.49. The van der Waals surface area contributed by atoms with Crippen molar-refractivity contribution in [2.24, 2.45) is 4.99 Å². The first-order valence-corrected chi connectivity index (χ1v) is 4.43. The van der Waals surface area contributed by atoms with Crippen molar-refractivity contribution in [3.8, 4) is 0 Å². The molecule has 1 heterocycles. The minimum Gasteiger partial charge on any atom is -0.293 e. The maximum absolute atomic E-state index is 4.13. The molecule has 0 spiro atoms. The van der Waals surface area contributed by atoms with Crippen LogP contribution >= 0.6 is 0 Å². The zero-order valence-corrected chi connectivity index (χ0v) is 8.09. The Morgan fingerprint density at radius 1 is 1.62 bits per heavy atom. The van der Waals surface area contributed by atoms with Gasteiger partial charge in [0.25, 0.3) is 0 Å². The highest BCUT2D eigenvalue weighted by atomic mass is 14.7. The molecular weight excluding hydrogens is 158 g/mol. The molecule has 0 saturated heterocycles. The summed E-state index contributed by atoms with van der Waals surface area (Å²) < 4.78 is 0. The molecule has 0 saturated carbocycles. The van der Waals surface area contributed by atoms with Gasteiger partial charge in [-0.05, 0) is 30.6 Å². The SMILES string of the molecule is C=C/C(C)=C\C(=C)C1=CC=NCC1. The first-order valence-electron chi connectivity index (χ1n) is 4.43. The van der Waals surface area contributed by atoms with Crippen LogP contribution in [0.25, 0.3) is 0 Å². The summed E-state index contributed by atoms with van der Waals surface area (Å²) in [7, 11) is 0. The maximum atomic E-state index is 4.13. The van der Waals surface area contributed by atoms with E-state index in [2.05, 4.69) is 24.2 Å². The molecule has 0 atom stereocenters. The van der Waals surface area contributed by atoms with E-state index >= 15 is 0 Å². The zero-order chi connectivity index (χ0) is 9.68. The molecule has 1 aliphatic rings. The number of aliphatic imine (C=N–C) groups is 1. The number of nitrogens with zero attached hydrogens (tertiary/aromatic N) is 1. The second-order valence-electron chi connectivity index (χ2n) is 3.11.